The van der Waals surface area contributed by atoms with Crippen LogP contribution in [-0.4, -0.2) is 25.5 Å². The van der Waals surface area contributed by atoms with Crippen LogP contribution in [0.3, 0.4) is 0 Å². The molecule has 2 aromatic carbocycles. The molecule has 4 rings (SSSR count). The summed E-state index contributed by atoms with van der Waals surface area (Å²) in [4.78, 5) is 14.1. The molecule has 1 saturated heterocycles. The van der Waals surface area contributed by atoms with Crippen LogP contribution in [0.2, 0.25) is 0 Å². The van der Waals surface area contributed by atoms with E-state index >= 15 is 0 Å². The summed E-state index contributed by atoms with van der Waals surface area (Å²) in [5.41, 5.74) is 0.561. The number of carbonyl (C=O) groups is 1. The Labute approximate surface area is 169 Å². The van der Waals surface area contributed by atoms with Crippen molar-refractivity contribution in [2.45, 2.75) is 18.9 Å². The molecule has 3 aromatic rings. The SMILES string of the molecule is O=C(NC[C@H](c1ccco1)[NH+]1CCCC1)c1ccc(Oc2ccc(F)cc2)cc1. The zero-order valence-corrected chi connectivity index (χ0v) is 16.1. The molecule has 1 aliphatic heterocycles. The van der Waals surface area contributed by atoms with Gasteiger partial charge in [0.05, 0.1) is 25.9 Å². The summed E-state index contributed by atoms with van der Waals surface area (Å²) < 4.78 is 24.3. The number of furan rings is 1. The fourth-order valence-electron chi connectivity index (χ4n) is 3.72. The van der Waals surface area contributed by atoms with Gasteiger partial charge in [-0.1, -0.05) is 0 Å². The van der Waals surface area contributed by atoms with E-state index in [1.807, 2.05) is 12.1 Å². The first-order chi connectivity index (χ1) is 14.2. The molecule has 0 bridgehead atoms. The Kier molecular flexibility index (Phi) is 5.91. The lowest BCUT2D eigenvalue weighted by atomic mass is 10.1. The number of quaternary nitrogens is 1. The average Bonchev–Trinajstić information content (AvgIpc) is 3.45. The fourth-order valence-corrected chi connectivity index (χ4v) is 3.72. The van der Waals surface area contributed by atoms with Crippen LogP contribution >= 0.6 is 0 Å². The highest BCUT2D eigenvalue weighted by atomic mass is 19.1. The van der Waals surface area contributed by atoms with Gasteiger partial charge in [0.25, 0.3) is 5.91 Å². The van der Waals surface area contributed by atoms with E-state index in [-0.39, 0.29) is 17.8 Å². The lowest BCUT2D eigenvalue weighted by Gasteiger charge is -2.23. The first-order valence-corrected chi connectivity index (χ1v) is 9.89. The van der Waals surface area contributed by atoms with E-state index in [1.54, 1.807) is 42.7 Å². The zero-order chi connectivity index (χ0) is 20.1. The predicted molar refractivity (Wildman–Crippen MR) is 107 cm³/mol. The Morgan fingerprint density at radius 1 is 1.03 bits per heavy atom. The third kappa shape index (κ3) is 4.84. The summed E-state index contributed by atoms with van der Waals surface area (Å²) in [5, 5.41) is 3.04. The van der Waals surface area contributed by atoms with Crippen molar-refractivity contribution in [2.75, 3.05) is 19.6 Å². The van der Waals surface area contributed by atoms with Crippen molar-refractivity contribution < 1.29 is 23.2 Å². The van der Waals surface area contributed by atoms with Crippen LogP contribution in [-0.2, 0) is 0 Å². The van der Waals surface area contributed by atoms with Gasteiger partial charge in [-0.15, -0.1) is 0 Å². The first kappa shape index (κ1) is 19.2. The molecule has 2 heterocycles. The Hall–Kier alpha value is -3.12. The Morgan fingerprint density at radius 2 is 1.69 bits per heavy atom. The minimum absolute atomic E-state index is 0.123. The van der Waals surface area contributed by atoms with Gasteiger partial charge in [-0.3, -0.25) is 4.79 Å². The molecule has 1 aromatic heterocycles. The highest BCUT2D eigenvalue weighted by Crippen LogP contribution is 2.22. The smallest absolute Gasteiger partial charge is 0.251 e. The zero-order valence-electron chi connectivity index (χ0n) is 16.1. The number of hydrogen-bond donors (Lipinski definition) is 2. The van der Waals surface area contributed by atoms with Crippen LogP contribution in [0.4, 0.5) is 4.39 Å². The molecule has 6 heteroatoms. The lowest BCUT2D eigenvalue weighted by molar-refractivity contribution is -0.919. The molecule has 1 fully saturated rings. The Bertz CT molecular complexity index is 918. The van der Waals surface area contributed by atoms with Crippen LogP contribution in [0.5, 0.6) is 11.5 Å². The largest absolute Gasteiger partial charge is 0.463 e. The molecule has 29 heavy (non-hydrogen) atoms. The van der Waals surface area contributed by atoms with Crippen LogP contribution in [0.25, 0.3) is 0 Å². The maximum atomic E-state index is 13.0. The summed E-state index contributed by atoms with van der Waals surface area (Å²) in [6.07, 6.45) is 4.09. The molecule has 1 atom stereocenters. The molecule has 1 aliphatic rings. The number of rotatable bonds is 7. The van der Waals surface area contributed by atoms with Crippen LogP contribution in [0.15, 0.2) is 71.3 Å². The average molecular weight is 395 g/mol. The molecule has 2 N–H and O–H groups in total. The van der Waals surface area contributed by atoms with Crippen molar-refractivity contribution in [1.29, 1.82) is 0 Å². The van der Waals surface area contributed by atoms with E-state index in [1.165, 1.54) is 29.9 Å². The van der Waals surface area contributed by atoms with Crippen molar-refractivity contribution in [1.82, 2.24) is 5.32 Å². The molecule has 1 amide bonds. The number of benzene rings is 2. The molecule has 0 aliphatic carbocycles. The monoisotopic (exact) mass is 395 g/mol. The highest BCUT2D eigenvalue weighted by molar-refractivity contribution is 5.94. The second-order valence-corrected chi connectivity index (χ2v) is 7.22. The maximum absolute atomic E-state index is 13.0. The topological polar surface area (TPSA) is 55.9 Å². The molecule has 0 unspecified atom stereocenters. The minimum Gasteiger partial charge on any atom is -0.463 e. The van der Waals surface area contributed by atoms with Crippen LogP contribution in [0.1, 0.15) is 35.0 Å². The number of carbonyl (C=O) groups excluding carboxylic acids is 1. The summed E-state index contributed by atoms with van der Waals surface area (Å²) in [5.74, 6) is 1.59. The van der Waals surface area contributed by atoms with E-state index in [2.05, 4.69) is 5.32 Å². The molecule has 0 radical (unpaired) electrons. The van der Waals surface area contributed by atoms with Crippen molar-refractivity contribution in [2.24, 2.45) is 0 Å². The fraction of sp³-hybridized carbons (Fsp3) is 0.261. The first-order valence-electron chi connectivity index (χ1n) is 9.89. The van der Waals surface area contributed by atoms with E-state index in [0.717, 1.165) is 18.8 Å². The third-order valence-electron chi connectivity index (χ3n) is 5.26. The van der Waals surface area contributed by atoms with E-state index in [9.17, 15) is 9.18 Å². The standard InChI is InChI=1S/C23H23FN2O3/c24-18-7-11-20(12-8-18)29-19-9-5-17(6-10-19)23(27)25-16-21(22-4-3-15-28-22)26-13-1-2-14-26/h3-12,15,21H,1-2,13-14,16H2,(H,25,27)/p+1/t21-/m1/s1. The Morgan fingerprint density at radius 3 is 2.31 bits per heavy atom. The predicted octanol–water partition coefficient (Wildman–Crippen LogP) is 3.36. The minimum atomic E-state index is -0.312. The molecular weight excluding hydrogens is 371 g/mol. The van der Waals surface area contributed by atoms with E-state index < -0.39 is 0 Å². The van der Waals surface area contributed by atoms with Gasteiger partial charge in [-0.25, -0.2) is 4.39 Å². The van der Waals surface area contributed by atoms with Crippen molar-refractivity contribution >= 4 is 5.91 Å². The number of hydrogen-bond acceptors (Lipinski definition) is 3. The van der Waals surface area contributed by atoms with Gasteiger partial charge in [0.2, 0.25) is 0 Å². The molecule has 150 valence electrons. The third-order valence-corrected chi connectivity index (χ3v) is 5.26. The second-order valence-electron chi connectivity index (χ2n) is 7.22. The Balaban J connectivity index is 1.36. The maximum Gasteiger partial charge on any atom is 0.251 e. The van der Waals surface area contributed by atoms with Crippen molar-refractivity contribution in [3.8, 4) is 11.5 Å². The van der Waals surface area contributed by atoms with E-state index in [0.29, 0.717) is 23.6 Å². The summed E-state index contributed by atoms with van der Waals surface area (Å²) >= 11 is 0. The quantitative estimate of drug-likeness (QED) is 0.645. The van der Waals surface area contributed by atoms with Gasteiger partial charge < -0.3 is 19.4 Å². The molecule has 0 spiro atoms. The van der Waals surface area contributed by atoms with Gasteiger partial charge in [-0.2, -0.15) is 0 Å². The number of amides is 1. The number of likely N-dealkylation sites (tertiary alicyclic amines) is 1. The van der Waals surface area contributed by atoms with Crippen LogP contribution in [0, 0.1) is 5.82 Å². The van der Waals surface area contributed by atoms with Crippen molar-refractivity contribution in [3.05, 3.63) is 84.1 Å². The molecule has 0 saturated carbocycles. The lowest BCUT2D eigenvalue weighted by Crippen LogP contribution is -3.11. The van der Waals surface area contributed by atoms with Gasteiger partial charge in [0, 0.05) is 18.4 Å². The van der Waals surface area contributed by atoms with Crippen LogP contribution < -0.4 is 15.0 Å². The molecular formula is C23H24FN2O3+. The van der Waals surface area contributed by atoms with Crippen molar-refractivity contribution in [3.63, 3.8) is 0 Å². The number of ether oxygens (including phenoxy) is 1. The van der Waals surface area contributed by atoms with Gasteiger partial charge >= 0.3 is 0 Å². The second kappa shape index (κ2) is 8.92. The number of nitrogens with one attached hydrogen (secondary N) is 2. The number of halogens is 1. The van der Waals surface area contributed by atoms with E-state index in [4.69, 9.17) is 9.15 Å². The van der Waals surface area contributed by atoms with Gasteiger partial charge in [-0.05, 0) is 60.7 Å². The highest BCUT2D eigenvalue weighted by Gasteiger charge is 2.29. The van der Waals surface area contributed by atoms with Gasteiger partial charge in [0.1, 0.15) is 17.3 Å². The molecule has 5 nitrogen and oxygen atoms in total. The normalized spacial score (nSPS) is 15.2. The summed E-state index contributed by atoms with van der Waals surface area (Å²) in [6.45, 7) is 2.71. The van der Waals surface area contributed by atoms with Gasteiger partial charge in [0.15, 0.2) is 11.8 Å². The summed E-state index contributed by atoms with van der Waals surface area (Å²) in [6, 6.07) is 16.7. The summed E-state index contributed by atoms with van der Waals surface area (Å²) in [7, 11) is 0.